The SMILES string of the molecule is CC/C=C\C/C=C\C/C=C\C/C=C\C/C=C\C/C=C\C/C=C\C/C=C\C/C=C\C/C=C\C/C=C\CCCCCCCC(=O)OC(CO)COC(=O)CCCCCCCCCCCCCCCCCCCCC. The topological polar surface area (TPSA) is 72.8 Å². The highest BCUT2D eigenvalue weighted by molar-refractivity contribution is 5.70. The number of unbranched alkanes of at least 4 members (excludes halogenated alkanes) is 23. The van der Waals surface area contributed by atoms with Crippen molar-refractivity contribution in [3.63, 3.8) is 0 Å². The summed E-state index contributed by atoms with van der Waals surface area (Å²) < 4.78 is 10.7. The average Bonchev–Trinajstić information content (AvgIpc) is 3.38. The van der Waals surface area contributed by atoms with E-state index in [0.29, 0.717) is 12.8 Å². The van der Waals surface area contributed by atoms with Crippen LogP contribution in [0.25, 0.3) is 0 Å². The fraction of sp³-hybridized carbons (Fsp3) is 0.642. The van der Waals surface area contributed by atoms with Crippen molar-refractivity contribution in [3.05, 3.63) is 134 Å². The molecule has 0 amide bonds. The van der Waals surface area contributed by atoms with Gasteiger partial charge >= 0.3 is 11.9 Å². The summed E-state index contributed by atoms with van der Waals surface area (Å²) in [7, 11) is 0. The number of hydrogen-bond acceptors (Lipinski definition) is 5. The molecule has 0 radical (unpaired) electrons. The Bertz CT molecular complexity index is 1500. The van der Waals surface area contributed by atoms with Crippen LogP contribution in [0, 0.1) is 0 Å². The first-order valence-corrected chi connectivity index (χ1v) is 29.7. The maximum absolute atomic E-state index is 12.3. The van der Waals surface area contributed by atoms with Crippen LogP contribution >= 0.6 is 0 Å². The molecule has 1 atom stereocenters. The van der Waals surface area contributed by atoms with E-state index in [1.54, 1.807) is 0 Å². The van der Waals surface area contributed by atoms with Gasteiger partial charge in [-0.3, -0.25) is 9.59 Å². The third-order valence-corrected chi connectivity index (χ3v) is 12.5. The molecule has 0 aromatic carbocycles. The highest BCUT2D eigenvalue weighted by Gasteiger charge is 2.16. The van der Waals surface area contributed by atoms with Crippen molar-refractivity contribution < 1.29 is 24.2 Å². The highest BCUT2D eigenvalue weighted by atomic mass is 16.6. The molecule has 408 valence electrons. The predicted molar refractivity (Wildman–Crippen MR) is 315 cm³/mol. The van der Waals surface area contributed by atoms with Crippen LogP contribution in [-0.4, -0.2) is 36.4 Å². The van der Waals surface area contributed by atoms with E-state index < -0.39 is 6.10 Å². The van der Waals surface area contributed by atoms with Crippen molar-refractivity contribution in [2.75, 3.05) is 13.2 Å². The molecule has 0 aromatic rings. The fourth-order valence-electron chi connectivity index (χ4n) is 8.03. The molecule has 0 saturated carbocycles. The van der Waals surface area contributed by atoms with Crippen LogP contribution in [0.1, 0.15) is 258 Å². The van der Waals surface area contributed by atoms with E-state index in [4.69, 9.17) is 9.47 Å². The number of carbonyl (C=O) groups is 2. The molecule has 0 aliphatic heterocycles. The van der Waals surface area contributed by atoms with Gasteiger partial charge in [-0.05, 0) is 96.3 Å². The van der Waals surface area contributed by atoms with Crippen LogP contribution in [0.15, 0.2) is 134 Å². The molecule has 0 fully saturated rings. The number of rotatable bonds is 53. The lowest BCUT2D eigenvalue weighted by Crippen LogP contribution is -2.28. The Morgan fingerprint density at radius 3 is 0.903 bits per heavy atom. The van der Waals surface area contributed by atoms with Gasteiger partial charge in [-0.15, -0.1) is 0 Å². The molecule has 0 aromatic heterocycles. The van der Waals surface area contributed by atoms with Crippen molar-refractivity contribution in [2.24, 2.45) is 0 Å². The van der Waals surface area contributed by atoms with Crippen molar-refractivity contribution in [3.8, 4) is 0 Å². The molecule has 0 aliphatic carbocycles. The van der Waals surface area contributed by atoms with E-state index in [1.807, 2.05) is 0 Å². The summed E-state index contributed by atoms with van der Waals surface area (Å²) in [6.07, 6.45) is 91.4. The van der Waals surface area contributed by atoms with Crippen molar-refractivity contribution in [2.45, 2.75) is 264 Å². The van der Waals surface area contributed by atoms with Gasteiger partial charge in [-0.25, -0.2) is 0 Å². The standard InChI is InChI=1S/C67H110O5/c1-3-5-7-9-11-13-15-17-19-21-23-24-25-26-27-28-29-30-31-32-33-34-35-36-37-38-39-40-41-42-44-46-48-50-52-54-56-58-60-62-67(70)72-65(63-68)64-71-66(69)61-59-57-55-53-51-49-47-45-43-22-20-18-16-14-12-10-8-6-4-2/h5,7,11,13,17,19,23-24,26-27,29-30,32-33,35-36,38-39,41-42,46,48,65,68H,3-4,6,8-10,12,14-16,18,20-22,25,28,31,34,37,40,43-45,47,49-64H2,1-2H3/b7-5-,13-11-,19-17-,24-23-,27-26-,30-29-,33-32-,36-35-,39-38-,42-41-,48-46-. The number of aliphatic hydroxyl groups is 1. The summed E-state index contributed by atoms with van der Waals surface area (Å²) >= 11 is 0. The third kappa shape index (κ3) is 58.6. The lowest BCUT2D eigenvalue weighted by atomic mass is 10.0. The molecular formula is C67H110O5. The number of carbonyl (C=O) groups excluding carboxylic acids is 2. The molecule has 1 unspecified atom stereocenters. The first-order chi connectivity index (χ1) is 35.6. The van der Waals surface area contributed by atoms with Gasteiger partial charge in [0, 0.05) is 12.8 Å². The third-order valence-electron chi connectivity index (χ3n) is 12.5. The van der Waals surface area contributed by atoms with Crippen LogP contribution in [0.5, 0.6) is 0 Å². The molecule has 5 nitrogen and oxygen atoms in total. The summed E-state index contributed by atoms with van der Waals surface area (Å²) in [6, 6.07) is 0. The largest absolute Gasteiger partial charge is 0.462 e. The van der Waals surface area contributed by atoms with Crippen molar-refractivity contribution >= 4 is 11.9 Å². The van der Waals surface area contributed by atoms with E-state index in [2.05, 4.69) is 148 Å². The second-order valence-electron chi connectivity index (χ2n) is 19.3. The predicted octanol–water partition coefficient (Wildman–Crippen LogP) is 20.4. The van der Waals surface area contributed by atoms with E-state index >= 15 is 0 Å². The van der Waals surface area contributed by atoms with Crippen molar-refractivity contribution in [1.29, 1.82) is 0 Å². The minimum Gasteiger partial charge on any atom is -0.462 e. The zero-order chi connectivity index (χ0) is 52.0. The summed E-state index contributed by atoms with van der Waals surface area (Å²) in [5.41, 5.74) is 0. The maximum Gasteiger partial charge on any atom is 0.306 e. The monoisotopic (exact) mass is 995 g/mol. The van der Waals surface area contributed by atoms with Crippen LogP contribution in [0.4, 0.5) is 0 Å². The van der Waals surface area contributed by atoms with Gasteiger partial charge in [0.25, 0.3) is 0 Å². The smallest absolute Gasteiger partial charge is 0.306 e. The lowest BCUT2D eigenvalue weighted by Gasteiger charge is -2.15. The minimum absolute atomic E-state index is 0.0782. The summed E-state index contributed by atoms with van der Waals surface area (Å²) in [5, 5.41) is 9.65. The Morgan fingerprint density at radius 2 is 0.597 bits per heavy atom. The Balaban J connectivity index is 3.63. The molecule has 0 saturated heterocycles. The van der Waals surface area contributed by atoms with Crippen LogP contribution < -0.4 is 0 Å². The second kappa shape index (κ2) is 61.3. The van der Waals surface area contributed by atoms with Gasteiger partial charge in [-0.1, -0.05) is 282 Å². The van der Waals surface area contributed by atoms with Crippen LogP contribution in [-0.2, 0) is 19.1 Å². The highest BCUT2D eigenvalue weighted by Crippen LogP contribution is 2.16. The van der Waals surface area contributed by atoms with E-state index in [0.717, 1.165) is 128 Å². The molecule has 5 heteroatoms. The van der Waals surface area contributed by atoms with Gasteiger partial charge in [0.05, 0.1) is 6.61 Å². The zero-order valence-electron chi connectivity index (χ0n) is 46.6. The van der Waals surface area contributed by atoms with Gasteiger partial charge in [0.1, 0.15) is 6.61 Å². The normalized spacial score (nSPS) is 13.2. The number of esters is 2. The molecule has 72 heavy (non-hydrogen) atoms. The maximum atomic E-state index is 12.3. The molecule has 0 aliphatic rings. The van der Waals surface area contributed by atoms with Crippen molar-refractivity contribution in [1.82, 2.24) is 0 Å². The molecule has 1 N–H and O–H groups in total. The molecule has 0 heterocycles. The Labute approximate surface area is 445 Å². The Hall–Kier alpha value is -3.96. The van der Waals surface area contributed by atoms with Gasteiger partial charge in [0.15, 0.2) is 6.10 Å². The molecular weight excluding hydrogens is 885 g/mol. The zero-order valence-corrected chi connectivity index (χ0v) is 46.6. The first-order valence-electron chi connectivity index (χ1n) is 29.7. The van der Waals surface area contributed by atoms with E-state index in [-0.39, 0.29) is 25.2 Å². The first kappa shape index (κ1) is 68.0. The number of hydrogen-bond donors (Lipinski definition) is 1. The average molecular weight is 996 g/mol. The van der Waals surface area contributed by atoms with Crippen LogP contribution in [0.3, 0.4) is 0 Å². The summed E-state index contributed by atoms with van der Waals surface area (Å²) in [4.78, 5) is 24.5. The quantitative estimate of drug-likeness (QED) is 0.0373. The van der Waals surface area contributed by atoms with Gasteiger partial charge in [0.2, 0.25) is 0 Å². The molecule has 0 spiro atoms. The Morgan fingerprint density at radius 1 is 0.333 bits per heavy atom. The summed E-state index contributed by atoms with van der Waals surface area (Å²) in [5.74, 6) is -0.613. The second-order valence-corrected chi connectivity index (χ2v) is 19.3. The fourth-order valence-corrected chi connectivity index (χ4v) is 8.03. The van der Waals surface area contributed by atoms with Crippen LogP contribution in [0.2, 0.25) is 0 Å². The number of aliphatic hydroxyl groups excluding tert-OH is 1. The van der Waals surface area contributed by atoms with E-state index in [1.165, 1.54) is 103 Å². The number of allylic oxidation sites excluding steroid dienone is 22. The van der Waals surface area contributed by atoms with E-state index in [9.17, 15) is 14.7 Å². The van der Waals surface area contributed by atoms with Gasteiger partial charge in [-0.2, -0.15) is 0 Å². The summed E-state index contributed by atoms with van der Waals surface area (Å²) in [6.45, 7) is 4.02. The number of ether oxygens (including phenoxy) is 2. The van der Waals surface area contributed by atoms with Gasteiger partial charge < -0.3 is 14.6 Å². The minimum atomic E-state index is -0.790. The molecule has 0 bridgehead atoms. The molecule has 0 rings (SSSR count). The lowest BCUT2D eigenvalue weighted by molar-refractivity contribution is -0.161. The Kier molecular flexibility index (Phi) is 58.0.